The third-order valence-electron chi connectivity index (χ3n) is 2.75. The maximum absolute atomic E-state index is 12.3. The quantitative estimate of drug-likeness (QED) is 0.792. The van der Waals surface area contributed by atoms with Crippen molar-refractivity contribution in [2.24, 2.45) is 0 Å². The summed E-state index contributed by atoms with van der Waals surface area (Å²) in [4.78, 5) is 25.3. The third kappa shape index (κ3) is 3.05. The van der Waals surface area contributed by atoms with Gasteiger partial charge in [0.2, 0.25) is 5.91 Å². The first-order valence-corrected chi connectivity index (χ1v) is 5.93. The van der Waals surface area contributed by atoms with Crippen molar-refractivity contribution in [1.29, 1.82) is 0 Å². The van der Waals surface area contributed by atoms with Crippen LogP contribution in [-0.2, 0) is 4.79 Å². The highest BCUT2D eigenvalue weighted by Gasteiger charge is 2.24. The van der Waals surface area contributed by atoms with E-state index in [2.05, 4.69) is 11.2 Å². The summed E-state index contributed by atoms with van der Waals surface area (Å²) in [5.74, 6) is 2.39. The van der Waals surface area contributed by atoms with Crippen molar-refractivity contribution in [3.63, 3.8) is 0 Å². The van der Waals surface area contributed by atoms with Crippen LogP contribution >= 0.6 is 0 Å². The van der Waals surface area contributed by atoms with Crippen LogP contribution in [0.3, 0.4) is 0 Å². The number of amides is 2. The van der Waals surface area contributed by atoms with Crippen LogP contribution in [0, 0.1) is 12.3 Å². The summed E-state index contributed by atoms with van der Waals surface area (Å²) < 4.78 is 5.49. The van der Waals surface area contributed by atoms with Gasteiger partial charge in [0.25, 0.3) is 5.91 Å². The SMILES string of the molecule is C#CCNC(=O)CN1CCOc2ccccc2C1=O. The van der Waals surface area contributed by atoms with Gasteiger partial charge in [-0.2, -0.15) is 0 Å². The van der Waals surface area contributed by atoms with Gasteiger partial charge in [0.05, 0.1) is 25.2 Å². The Morgan fingerprint density at radius 3 is 3.05 bits per heavy atom. The van der Waals surface area contributed by atoms with E-state index in [0.29, 0.717) is 24.5 Å². The van der Waals surface area contributed by atoms with Crippen LogP contribution in [-0.4, -0.2) is 43.0 Å². The average molecular weight is 258 g/mol. The van der Waals surface area contributed by atoms with Crippen molar-refractivity contribution in [2.75, 3.05) is 26.2 Å². The molecular formula is C14H14N2O3. The second-order valence-corrected chi connectivity index (χ2v) is 4.05. The van der Waals surface area contributed by atoms with Crippen molar-refractivity contribution in [2.45, 2.75) is 0 Å². The van der Waals surface area contributed by atoms with Crippen LogP contribution in [0.25, 0.3) is 0 Å². The van der Waals surface area contributed by atoms with Gasteiger partial charge in [-0.25, -0.2) is 0 Å². The van der Waals surface area contributed by atoms with Gasteiger partial charge in [-0.1, -0.05) is 18.1 Å². The van der Waals surface area contributed by atoms with Crippen molar-refractivity contribution < 1.29 is 14.3 Å². The number of carbonyl (C=O) groups excluding carboxylic acids is 2. The lowest BCUT2D eigenvalue weighted by molar-refractivity contribution is -0.121. The van der Waals surface area contributed by atoms with E-state index in [-0.39, 0.29) is 24.9 Å². The highest BCUT2D eigenvalue weighted by atomic mass is 16.5. The Balaban J connectivity index is 2.09. The molecule has 5 heteroatoms. The van der Waals surface area contributed by atoms with E-state index in [9.17, 15) is 9.59 Å². The molecule has 0 saturated heterocycles. The Kier molecular flexibility index (Phi) is 4.04. The number of hydrogen-bond acceptors (Lipinski definition) is 3. The second kappa shape index (κ2) is 5.91. The predicted molar refractivity (Wildman–Crippen MR) is 69.7 cm³/mol. The van der Waals surface area contributed by atoms with Crippen molar-refractivity contribution in [3.8, 4) is 18.1 Å². The van der Waals surface area contributed by atoms with Gasteiger partial charge < -0.3 is 15.0 Å². The lowest BCUT2D eigenvalue weighted by Gasteiger charge is -2.18. The van der Waals surface area contributed by atoms with Crippen molar-refractivity contribution >= 4 is 11.8 Å². The van der Waals surface area contributed by atoms with Crippen LogP contribution in [0.15, 0.2) is 24.3 Å². The zero-order valence-electron chi connectivity index (χ0n) is 10.4. The first-order valence-electron chi connectivity index (χ1n) is 5.93. The number of nitrogens with one attached hydrogen (secondary N) is 1. The Morgan fingerprint density at radius 2 is 2.26 bits per heavy atom. The minimum absolute atomic E-state index is 0.0157. The lowest BCUT2D eigenvalue weighted by Crippen LogP contribution is -2.41. The topological polar surface area (TPSA) is 58.6 Å². The van der Waals surface area contributed by atoms with E-state index < -0.39 is 0 Å². The molecule has 1 aromatic rings. The number of para-hydroxylation sites is 1. The summed E-state index contributed by atoms with van der Waals surface area (Å²) in [5.41, 5.74) is 0.477. The van der Waals surface area contributed by atoms with Gasteiger partial charge in [-0.3, -0.25) is 9.59 Å². The van der Waals surface area contributed by atoms with E-state index in [1.54, 1.807) is 24.3 Å². The Hall–Kier alpha value is -2.48. The molecule has 0 spiro atoms. The molecule has 1 heterocycles. The fourth-order valence-electron chi connectivity index (χ4n) is 1.84. The van der Waals surface area contributed by atoms with E-state index in [0.717, 1.165) is 0 Å². The van der Waals surface area contributed by atoms with E-state index in [1.165, 1.54) is 4.90 Å². The molecule has 0 unspecified atom stereocenters. The molecule has 0 fully saturated rings. The number of fused-ring (bicyclic) bond motifs is 1. The molecule has 0 bridgehead atoms. The number of ether oxygens (including phenoxy) is 1. The molecule has 1 aliphatic heterocycles. The largest absolute Gasteiger partial charge is 0.491 e. The van der Waals surface area contributed by atoms with Gasteiger partial charge in [-0.05, 0) is 12.1 Å². The van der Waals surface area contributed by atoms with Gasteiger partial charge in [0.15, 0.2) is 0 Å². The Morgan fingerprint density at radius 1 is 1.47 bits per heavy atom. The zero-order valence-corrected chi connectivity index (χ0v) is 10.4. The number of rotatable bonds is 3. The minimum Gasteiger partial charge on any atom is -0.491 e. The lowest BCUT2D eigenvalue weighted by atomic mass is 10.2. The summed E-state index contributed by atoms with van der Waals surface area (Å²) in [7, 11) is 0. The summed E-state index contributed by atoms with van der Waals surface area (Å²) in [6.45, 7) is 0.883. The summed E-state index contributed by atoms with van der Waals surface area (Å²) in [6, 6.07) is 7.01. The van der Waals surface area contributed by atoms with Gasteiger partial charge in [0, 0.05) is 0 Å². The molecule has 0 atom stereocenters. The van der Waals surface area contributed by atoms with E-state index >= 15 is 0 Å². The molecule has 5 nitrogen and oxygen atoms in total. The second-order valence-electron chi connectivity index (χ2n) is 4.05. The minimum atomic E-state index is -0.273. The van der Waals surface area contributed by atoms with Crippen LogP contribution < -0.4 is 10.1 Å². The number of benzene rings is 1. The number of terminal acetylenes is 1. The first-order chi connectivity index (χ1) is 9.22. The number of carbonyl (C=O) groups is 2. The smallest absolute Gasteiger partial charge is 0.258 e. The highest BCUT2D eigenvalue weighted by Crippen LogP contribution is 2.22. The molecular weight excluding hydrogens is 244 g/mol. The summed E-state index contributed by atoms with van der Waals surface area (Å²) >= 11 is 0. The Labute approximate surface area is 111 Å². The average Bonchev–Trinajstić information content (AvgIpc) is 2.58. The highest BCUT2D eigenvalue weighted by molar-refractivity contribution is 5.99. The van der Waals surface area contributed by atoms with Crippen LogP contribution in [0.4, 0.5) is 0 Å². The summed E-state index contributed by atoms with van der Waals surface area (Å²) in [6.07, 6.45) is 5.06. The van der Waals surface area contributed by atoms with Gasteiger partial charge in [0.1, 0.15) is 12.4 Å². The van der Waals surface area contributed by atoms with Gasteiger partial charge >= 0.3 is 0 Å². The predicted octanol–water partition coefficient (Wildman–Crippen LogP) is 0.271. The molecule has 1 aromatic carbocycles. The monoisotopic (exact) mass is 258 g/mol. The normalized spacial score (nSPS) is 13.8. The van der Waals surface area contributed by atoms with Gasteiger partial charge in [-0.15, -0.1) is 6.42 Å². The number of nitrogens with zero attached hydrogens (tertiary/aromatic N) is 1. The maximum Gasteiger partial charge on any atom is 0.258 e. The van der Waals surface area contributed by atoms with Crippen LogP contribution in [0.5, 0.6) is 5.75 Å². The molecule has 19 heavy (non-hydrogen) atoms. The molecule has 0 aliphatic carbocycles. The molecule has 2 rings (SSSR count). The number of hydrogen-bond donors (Lipinski definition) is 1. The molecule has 2 amide bonds. The fraction of sp³-hybridized carbons (Fsp3) is 0.286. The standard InChI is InChI=1S/C14H14N2O3/c1-2-7-15-13(17)10-16-8-9-19-12-6-4-3-5-11(12)14(16)18/h1,3-6H,7-10H2,(H,15,17). The molecule has 0 radical (unpaired) electrons. The van der Waals surface area contributed by atoms with Crippen molar-refractivity contribution in [1.82, 2.24) is 10.2 Å². The first kappa shape index (κ1) is 13.0. The fourth-order valence-corrected chi connectivity index (χ4v) is 1.84. The molecule has 1 N–H and O–H groups in total. The van der Waals surface area contributed by atoms with E-state index in [1.807, 2.05) is 0 Å². The molecule has 0 aromatic heterocycles. The summed E-state index contributed by atoms with van der Waals surface area (Å²) in [5, 5.41) is 2.53. The van der Waals surface area contributed by atoms with E-state index in [4.69, 9.17) is 11.2 Å². The Bertz CT molecular complexity index is 534. The van der Waals surface area contributed by atoms with Crippen LogP contribution in [0.2, 0.25) is 0 Å². The van der Waals surface area contributed by atoms with Crippen LogP contribution in [0.1, 0.15) is 10.4 Å². The van der Waals surface area contributed by atoms with Crippen molar-refractivity contribution in [3.05, 3.63) is 29.8 Å². The molecule has 1 aliphatic rings. The molecule has 98 valence electrons. The molecule has 0 saturated carbocycles. The zero-order chi connectivity index (χ0) is 13.7. The third-order valence-corrected chi connectivity index (χ3v) is 2.75. The maximum atomic E-state index is 12.3.